The van der Waals surface area contributed by atoms with E-state index in [9.17, 15) is 4.79 Å². The normalized spacial score (nSPS) is 9.58. The van der Waals surface area contributed by atoms with E-state index in [1.54, 1.807) is 13.0 Å². The van der Waals surface area contributed by atoms with Gasteiger partial charge in [0.05, 0.1) is 12.7 Å². The molecule has 1 aromatic heterocycles. The Bertz CT molecular complexity index is 312. The summed E-state index contributed by atoms with van der Waals surface area (Å²) >= 11 is 5.70. The number of rotatable bonds is 1. The smallest absolute Gasteiger partial charge is 0.338 e. The molecule has 0 atom stereocenters. The minimum atomic E-state index is -0.392. The molecule has 0 aliphatic carbocycles. The van der Waals surface area contributed by atoms with Crippen LogP contribution in [0.25, 0.3) is 0 Å². The van der Waals surface area contributed by atoms with Gasteiger partial charge in [0.15, 0.2) is 0 Å². The van der Waals surface area contributed by atoms with Crippen LogP contribution in [-0.2, 0) is 4.74 Å². The number of nitrogens with zero attached hydrogens (tertiary/aromatic N) is 1. The molecule has 0 N–H and O–H groups in total. The van der Waals surface area contributed by atoms with Gasteiger partial charge in [-0.2, -0.15) is 0 Å². The van der Waals surface area contributed by atoms with E-state index < -0.39 is 5.97 Å². The van der Waals surface area contributed by atoms with E-state index in [1.165, 1.54) is 13.3 Å². The molecule has 0 aliphatic heterocycles. The van der Waals surface area contributed by atoms with Crippen LogP contribution in [0, 0.1) is 6.92 Å². The fourth-order valence-electron chi connectivity index (χ4n) is 0.841. The van der Waals surface area contributed by atoms with Gasteiger partial charge in [-0.05, 0) is 13.0 Å². The minimum Gasteiger partial charge on any atom is -0.465 e. The Labute approximate surface area is 75.3 Å². The monoisotopic (exact) mass is 185 g/mol. The van der Waals surface area contributed by atoms with E-state index >= 15 is 0 Å². The van der Waals surface area contributed by atoms with Crippen LogP contribution >= 0.6 is 11.6 Å². The number of hydrogen-bond donors (Lipinski definition) is 0. The Hall–Kier alpha value is -1.09. The lowest BCUT2D eigenvalue weighted by atomic mass is 10.2. The second-order valence-electron chi connectivity index (χ2n) is 2.27. The second-order valence-corrected chi connectivity index (χ2v) is 2.62. The summed E-state index contributed by atoms with van der Waals surface area (Å²) in [7, 11) is 1.33. The first kappa shape index (κ1) is 9.00. The summed E-state index contributed by atoms with van der Waals surface area (Å²) in [4.78, 5) is 14.9. The summed E-state index contributed by atoms with van der Waals surface area (Å²) in [6.07, 6.45) is 1.47. The van der Waals surface area contributed by atoms with Crippen molar-refractivity contribution >= 4 is 17.6 Å². The highest BCUT2D eigenvalue weighted by Crippen LogP contribution is 2.16. The Morgan fingerprint density at radius 1 is 1.67 bits per heavy atom. The number of pyridine rings is 1. The van der Waals surface area contributed by atoms with Crippen LogP contribution in [0.15, 0.2) is 12.3 Å². The number of carbonyl (C=O) groups excluding carboxylic acids is 1. The summed E-state index contributed by atoms with van der Waals surface area (Å²) in [6.45, 7) is 1.72. The first-order valence-electron chi connectivity index (χ1n) is 3.36. The van der Waals surface area contributed by atoms with E-state index in [-0.39, 0.29) is 0 Å². The molecule has 1 heterocycles. The molecule has 0 amide bonds. The standard InChI is InChI=1S/C8H8ClNO2/c1-5-6(8(11)12-2)3-4-10-7(5)9/h3-4H,1-2H3. The van der Waals surface area contributed by atoms with Crippen molar-refractivity contribution in [1.29, 1.82) is 0 Å². The lowest BCUT2D eigenvalue weighted by molar-refractivity contribution is 0.0600. The third kappa shape index (κ3) is 1.56. The molecule has 0 unspecified atom stereocenters. The van der Waals surface area contributed by atoms with Crippen molar-refractivity contribution < 1.29 is 9.53 Å². The van der Waals surface area contributed by atoms with Gasteiger partial charge in [0, 0.05) is 11.8 Å². The molecule has 4 heteroatoms. The van der Waals surface area contributed by atoms with Crippen LogP contribution in [0.4, 0.5) is 0 Å². The first-order valence-corrected chi connectivity index (χ1v) is 3.74. The van der Waals surface area contributed by atoms with Crippen molar-refractivity contribution in [3.63, 3.8) is 0 Å². The van der Waals surface area contributed by atoms with E-state index in [0.717, 1.165) is 0 Å². The van der Waals surface area contributed by atoms with Crippen LogP contribution in [0.3, 0.4) is 0 Å². The van der Waals surface area contributed by atoms with E-state index in [1.807, 2.05) is 0 Å². The lowest BCUT2D eigenvalue weighted by Gasteiger charge is -2.03. The van der Waals surface area contributed by atoms with Gasteiger partial charge in [0.25, 0.3) is 0 Å². The fourth-order valence-corrected chi connectivity index (χ4v) is 0.999. The number of ether oxygens (including phenoxy) is 1. The first-order chi connectivity index (χ1) is 5.66. The molecule has 0 bridgehead atoms. The maximum absolute atomic E-state index is 11.1. The summed E-state index contributed by atoms with van der Waals surface area (Å²) in [6, 6.07) is 1.58. The Balaban J connectivity index is 3.16. The van der Waals surface area contributed by atoms with Crippen molar-refractivity contribution in [3.8, 4) is 0 Å². The van der Waals surface area contributed by atoms with E-state index in [4.69, 9.17) is 11.6 Å². The van der Waals surface area contributed by atoms with Gasteiger partial charge in [-0.25, -0.2) is 9.78 Å². The quantitative estimate of drug-likeness (QED) is 0.495. The van der Waals surface area contributed by atoms with Gasteiger partial charge < -0.3 is 4.74 Å². The number of methoxy groups -OCH3 is 1. The van der Waals surface area contributed by atoms with Crippen molar-refractivity contribution in [3.05, 3.63) is 28.5 Å². The largest absolute Gasteiger partial charge is 0.465 e. The summed E-state index contributed by atoms with van der Waals surface area (Å²) in [5.74, 6) is -0.392. The molecule has 0 aliphatic rings. The zero-order chi connectivity index (χ0) is 9.14. The number of aromatic nitrogens is 1. The molecule has 1 rings (SSSR count). The average molecular weight is 186 g/mol. The van der Waals surface area contributed by atoms with E-state index in [2.05, 4.69) is 9.72 Å². The Kier molecular flexibility index (Phi) is 2.65. The van der Waals surface area contributed by atoms with Gasteiger partial charge in [-0.1, -0.05) is 11.6 Å². The van der Waals surface area contributed by atoms with Crippen LogP contribution in [0.5, 0.6) is 0 Å². The van der Waals surface area contributed by atoms with Gasteiger partial charge in [0.2, 0.25) is 0 Å². The van der Waals surface area contributed by atoms with Gasteiger partial charge in [0.1, 0.15) is 5.15 Å². The van der Waals surface area contributed by atoms with Crippen molar-refractivity contribution in [2.24, 2.45) is 0 Å². The molecule has 0 radical (unpaired) electrons. The number of esters is 1. The second kappa shape index (κ2) is 3.54. The highest BCUT2D eigenvalue weighted by molar-refractivity contribution is 6.30. The van der Waals surface area contributed by atoms with Gasteiger partial charge in [-0.15, -0.1) is 0 Å². The molecule has 0 saturated carbocycles. The third-order valence-corrected chi connectivity index (χ3v) is 1.93. The van der Waals surface area contributed by atoms with Gasteiger partial charge in [-0.3, -0.25) is 0 Å². The fraction of sp³-hybridized carbons (Fsp3) is 0.250. The number of carbonyl (C=O) groups is 1. The predicted octanol–water partition coefficient (Wildman–Crippen LogP) is 1.83. The maximum atomic E-state index is 11.1. The highest BCUT2D eigenvalue weighted by atomic mass is 35.5. The van der Waals surface area contributed by atoms with Crippen molar-refractivity contribution in [2.75, 3.05) is 7.11 Å². The van der Waals surface area contributed by atoms with Crippen molar-refractivity contribution in [2.45, 2.75) is 6.92 Å². The summed E-state index contributed by atoms with van der Waals surface area (Å²) in [5.41, 5.74) is 1.10. The van der Waals surface area contributed by atoms with E-state index in [0.29, 0.717) is 16.3 Å². The van der Waals surface area contributed by atoms with Crippen LogP contribution < -0.4 is 0 Å². The molecular weight excluding hydrogens is 178 g/mol. The molecule has 0 aromatic carbocycles. The SMILES string of the molecule is COC(=O)c1ccnc(Cl)c1C. The minimum absolute atomic E-state index is 0.331. The molecule has 12 heavy (non-hydrogen) atoms. The predicted molar refractivity (Wildman–Crippen MR) is 45.3 cm³/mol. The molecule has 0 spiro atoms. The number of halogens is 1. The molecular formula is C8H8ClNO2. The van der Waals surface area contributed by atoms with Crippen LogP contribution in [0.2, 0.25) is 5.15 Å². The molecule has 64 valence electrons. The van der Waals surface area contributed by atoms with Crippen molar-refractivity contribution in [1.82, 2.24) is 4.98 Å². The molecule has 0 fully saturated rings. The zero-order valence-electron chi connectivity index (χ0n) is 6.80. The topological polar surface area (TPSA) is 39.2 Å². The summed E-state index contributed by atoms with van der Waals surface area (Å²) < 4.78 is 4.55. The molecule has 0 saturated heterocycles. The Morgan fingerprint density at radius 3 is 2.92 bits per heavy atom. The summed E-state index contributed by atoms with van der Waals surface area (Å²) in [5, 5.41) is 0.331. The van der Waals surface area contributed by atoms with Gasteiger partial charge >= 0.3 is 5.97 Å². The third-order valence-electron chi connectivity index (χ3n) is 1.55. The molecule has 1 aromatic rings. The van der Waals surface area contributed by atoms with Crippen LogP contribution in [-0.4, -0.2) is 18.1 Å². The highest BCUT2D eigenvalue weighted by Gasteiger charge is 2.10. The number of hydrogen-bond acceptors (Lipinski definition) is 3. The Morgan fingerprint density at radius 2 is 2.33 bits per heavy atom. The van der Waals surface area contributed by atoms with Crippen LogP contribution in [0.1, 0.15) is 15.9 Å². The zero-order valence-corrected chi connectivity index (χ0v) is 7.55. The lowest BCUT2D eigenvalue weighted by Crippen LogP contribution is -2.04. The molecule has 3 nitrogen and oxygen atoms in total. The average Bonchev–Trinajstić information content (AvgIpc) is 2.08. The maximum Gasteiger partial charge on any atom is 0.338 e.